The van der Waals surface area contributed by atoms with Gasteiger partial charge < -0.3 is 5.32 Å². The van der Waals surface area contributed by atoms with Gasteiger partial charge in [-0.2, -0.15) is 0 Å². The van der Waals surface area contributed by atoms with E-state index < -0.39 is 0 Å². The minimum absolute atomic E-state index is 0.170. The van der Waals surface area contributed by atoms with Gasteiger partial charge in [0.2, 0.25) is 5.91 Å². The molecule has 0 aliphatic heterocycles. The van der Waals surface area contributed by atoms with E-state index in [1.807, 2.05) is 0 Å². The molecule has 2 nitrogen and oxygen atoms in total. The normalized spacial score (nSPS) is 16.5. The Labute approximate surface area is 80.4 Å². The number of carbonyl (C=O) groups excluding carboxylic acids is 1. The number of allylic oxidation sites excluding steroid dienone is 1. The zero-order valence-corrected chi connectivity index (χ0v) is 8.65. The van der Waals surface area contributed by atoms with Crippen molar-refractivity contribution in [3.05, 3.63) is 11.1 Å². The highest BCUT2D eigenvalue weighted by Gasteiger charge is 2.16. The Balaban J connectivity index is 2.35. The van der Waals surface area contributed by atoms with E-state index in [0.717, 1.165) is 44.2 Å². The molecule has 1 N–H and O–H groups in total. The van der Waals surface area contributed by atoms with Gasteiger partial charge in [0.25, 0.3) is 0 Å². The first-order valence-corrected chi connectivity index (χ1v) is 5.22. The highest BCUT2D eigenvalue weighted by Crippen LogP contribution is 2.25. The molecule has 0 saturated heterocycles. The molecule has 0 aromatic carbocycles. The van der Waals surface area contributed by atoms with E-state index in [1.165, 1.54) is 5.57 Å². The maximum absolute atomic E-state index is 11.6. The van der Waals surface area contributed by atoms with Crippen molar-refractivity contribution in [2.75, 3.05) is 6.54 Å². The van der Waals surface area contributed by atoms with Crippen LogP contribution >= 0.6 is 0 Å². The van der Waals surface area contributed by atoms with E-state index in [0.29, 0.717) is 0 Å². The first-order chi connectivity index (χ1) is 6.25. The van der Waals surface area contributed by atoms with Crippen molar-refractivity contribution in [2.24, 2.45) is 0 Å². The lowest BCUT2D eigenvalue weighted by Gasteiger charge is -2.05. The van der Waals surface area contributed by atoms with E-state index >= 15 is 0 Å². The van der Waals surface area contributed by atoms with E-state index in [4.69, 9.17) is 0 Å². The van der Waals surface area contributed by atoms with Crippen LogP contribution < -0.4 is 5.32 Å². The molecule has 74 valence electrons. The Morgan fingerprint density at radius 2 is 2.23 bits per heavy atom. The molecule has 1 aliphatic rings. The molecule has 0 bridgehead atoms. The van der Waals surface area contributed by atoms with Crippen LogP contribution in [0.5, 0.6) is 0 Å². The Hall–Kier alpha value is -0.790. The molecule has 0 spiro atoms. The Morgan fingerprint density at radius 1 is 1.46 bits per heavy atom. The van der Waals surface area contributed by atoms with Gasteiger partial charge in [-0.05, 0) is 32.6 Å². The number of nitrogens with one attached hydrogen (secondary N) is 1. The lowest BCUT2D eigenvalue weighted by atomic mass is 10.1. The highest BCUT2D eigenvalue weighted by molar-refractivity contribution is 5.94. The highest BCUT2D eigenvalue weighted by atomic mass is 16.1. The third-order valence-corrected chi connectivity index (χ3v) is 2.58. The molecule has 1 rings (SSSR count). The topological polar surface area (TPSA) is 29.1 Å². The standard InChI is InChI=1S/C11H19NO/c1-3-4-8-12-11(13)10-7-5-6-9(10)2/h3-8H2,1-2H3,(H,12,13). The van der Waals surface area contributed by atoms with E-state index in [2.05, 4.69) is 19.2 Å². The smallest absolute Gasteiger partial charge is 0.247 e. The summed E-state index contributed by atoms with van der Waals surface area (Å²) < 4.78 is 0. The molecule has 0 saturated carbocycles. The molecule has 0 fully saturated rings. The largest absolute Gasteiger partial charge is 0.352 e. The van der Waals surface area contributed by atoms with E-state index in [9.17, 15) is 4.79 Å². The third-order valence-electron chi connectivity index (χ3n) is 2.58. The van der Waals surface area contributed by atoms with Gasteiger partial charge in [0.05, 0.1) is 0 Å². The van der Waals surface area contributed by atoms with Gasteiger partial charge in [-0.3, -0.25) is 4.79 Å². The minimum atomic E-state index is 0.170. The molecule has 0 aromatic heterocycles. The SMILES string of the molecule is CCCCNC(=O)C1=C(C)CCC1. The summed E-state index contributed by atoms with van der Waals surface area (Å²) in [4.78, 5) is 11.6. The summed E-state index contributed by atoms with van der Waals surface area (Å²) in [5.74, 6) is 0.170. The molecule has 0 atom stereocenters. The zero-order chi connectivity index (χ0) is 9.68. The van der Waals surface area contributed by atoms with E-state index in [-0.39, 0.29) is 5.91 Å². The maximum atomic E-state index is 11.6. The lowest BCUT2D eigenvalue weighted by Crippen LogP contribution is -2.25. The van der Waals surface area contributed by atoms with Crippen molar-refractivity contribution < 1.29 is 4.79 Å². The molecule has 2 heteroatoms. The summed E-state index contributed by atoms with van der Waals surface area (Å²) in [6.07, 6.45) is 5.46. The summed E-state index contributed by atoms with van der Waals surface area (Å²) in [5.41, 5.74) is 2.32. The number of hydrogen-bond acceptors (Lipinski definition) is 1. The summed E-state index contributed by atoms with van der Waals surface area (Å²) in [6.45, 7) is 5.03. The fourth-order valence-corrected chi connectivity index (χ4v) is 1.69. The third kappa shape index (κ3) is 2.87. The Morgan fingerprint density at radius 3 is 2.77 bits per heavy atom. The van der Waals surface area contributed by atoms with Crippen LogP contribution in [0.1, 0.15) is 46.0 Å². The summed E-state index contributed by atoms with van der Waals surface area (Å²) >= 11 is 0. The van der Waals surface area contributed by atoms with Gasteiger partial charge in [0.1, 0.15) is 0 Å². The van der Waals surface area contributed by atoms with Gasteiger partial charge in [-0.15, -0.1) is 0 Å². The first-order valence-electron chi connectivity index (χ1n) is 5.22. The predicted molar refractivity (Wildman–Crippen MR) is 54.5 cm³/mol. The van der Waals surface area contributed by atoms with Crippen LogP contribution in [0.3, 0.4) is 0 Å². The summed E-state index contributed by atoms with van der Waals surface area (Å²) in [7, 11) is 0. The van der Waals surface area contributed by atoms with Gasteiger partial charge >= 0.3 is 0 Å². The van der Waals surface area contributed by atoms with Crippen LogP contribution in [0.2, 0.25) is 0 Å². The number of unbranched alkanes of at least 4 members (excludes halogenated alkanes) is 1. The first kappa shape index (κ1) is 10.3. The Kier molecular flexibility index (Phi) is 4.00. The fraction of sp³-hybridized carbons (Fsp3) is 0.727. The van der Waals surface area contributed by atoms with Crippen molar-refractivity contribution in [3.8, 4) is 0 Å². The second kappa shape index (κ2) is 5.05. The van der Waals surface area contributed by atoms with Gasteiger partial charge in [0, 0.05) is 12.1 Å². The second-order valence-electron chi connectivity index (χ2n) is 3.72. The molecule has 13 heavy (non-hydrogen) atoms. The maximum Gasteiger partial charge on any atom is 0.247 e. The number of hydrogen-bond donors (Lipinski definition) is 1. The van der Waals surface area contributed by atoms with Crippen LogP contribution in [0, 0.1) is 0 Å². The van der Waals surface area contributed by atoms with Crippen molar-refractivity contribution in [1.29, 1.82) is 0 Å². The van der Waals surface area contributed by atoms with Crippen molar-refractivity contribution in [1.82, 2.24) is 5.32 Å². The van der Waals surface area contributed by atoms with Crippen LogP contribution in [-0.2, 0) is 4.79 Å². The number of carbonyl (C=O) groups is 1. The molecule has 1 amide bonds. The van der Waals surface area contributed by atoms with Crippen molar-refractivity contribution in [3.63, 3.8) is 0 Å². The molecule has 0 aromatic rings. The lowest BCUT2D eigenvalue weighted by molar-refractivity contribution is -0.117. The number of rotatable bonds is 4. The molecule has 0 unspecified atom stereocenters. The second-order valence-corrected chi connectivity index (χ2v) is 3.72. The average Bonchev–Trinajstić information content (AvgIpc) is 2.52. The zero-order valence-electron chi connectivity index (χ0n) is 8.65. The van der Waals surface area contributed by atoms with Crippen LogP contribution in [0.25, 0.3) is 0 Å². The quantitative estimate of drug-likeness (QED) is 0.663. The van der Waals surface area contributed by atoms with Crippen molar-refractivity contribution in [2.45, 2.75) is 46.0 Å². The van der Waals surface area contributed by atoms with Crippen molar-refractivity contribution >= 4 is 5.91 Å². The van der Waals surface area contributed by atoms with Crippen LogP contribution in [0.4, 0.5) is 0 Å². The van der Waals surface area contributed by atoms with E-state index in [1.54, 1.807) is 0 Å². The summed E-state index contributed by atoms with van der Waals surface area (Å²) in [5, 5.41) is 2.96. The average molecular weight is 181 g/mol. The summed E-state index contributed by atoms with van der Waals surface area (Å²) in [6, 6.07) is 0. The van der Waals surface area contributed by atoms with Crippen LogP contribution in [0.15, 0.2) is 11.1 Å². The minimum Gasteiger partial charge on any atom is -0.352 e. The molecule has 0 heterocycles. The molecular formula is C11H19NO. The van der Waals surface area contributed by atoms with Crippen LogP contribution in [-0.4, -0.2) is 12.5 Å². The fourth-order valence-electron chi connectivity index (χ4n) is 1.69. The monoisotopic (exact) mass is 181 g/mol. The Bertz CT molecular complexity index is 218. The van der Waals surface area contributed by atoms with Gasteiger partial charge in [-0.25, -0.2) is 0 Å². The van der Waals surface area contributed by atoms with Gasteiger partial charge in [-0.1, -0.05) is 18.9 Å². The van der Waals surface area contributed by atoms with Gasteiger partial charge in [0.15, 0.2) is 0 Å². The molecular weight excluding hydrogens is 162 g/mol. The molecule has 1 aliphatic carbocycles. The predicted octanol–water partition coefficient (Wildman–Crippen LogP) is 2.40. The molecule has 0 radical (unpaired) electrons. The number of amides is 1.